The molecule has 2 rings (SSSR count). The molecule has 0 amide bonds. The molecule has 0 saturated carbocycles. The maximum Gasteiger partial charge on any atom is 0.341 e. The summed E-state index contributed by atoms with van der Waals surface area (Å²) in [5.41, 5.74) is 7.28. The number of carbonyl (C=O) groups excluding carboxylic acids is 1. The number of esters is 1. The third-order valence-corrected chi connectivity index (χ3v) is 5.00. The summed E-state index contributed by atoms with van der Waals surface area (Å²) < 4.78 is 5.22. The van der Waals surface area contributed by atoms with Gasteiger partial charge in [0.1, 0.15) is 5.00 Å². The van der Waals surface area contributed by atoms with Crippen LogP contribution in [0.2, 0.25) is 0 Å². The maximum absolute atomic E-state index is 12.3. The summed E-state index contributed by atoms with van der Waals surface area (Å²) in [6, 6.07) is 0. The van der Waals surface area contributed by atoms with Gasteiger partial charge in [-0.1, -0.05) is 0 Å². The van der Waals surface area contributed by atoms with Crippen LogP contribution in [0.25, 0.3) is 0 Å². The molecular formula is C15H23N3O2S2. The number of hydrogen-bond donors (Lipinski definition) is 3. The van der Waals surface area contributed by atoms with Gasteiger partial charge in [-0.25, -0.2) is 4.79 Å². The van der Waals surface area contributed by atoms with Gasteiger partial charge < -0.3 is 21.1 Å². The Kier molecular flexibility index (Phi) is 6.60. The van der Waals surface area contributed by atoms with Crippen molar-refractivity contribution >= 4 is 39.6 Å². The Morgan fingerprint density at radius 2 is 2.18 bits per heavy atom. The lowest BCUT2D eigenvalue weighted by atomic mass is 9.95. The third kappa shape index (κ3) is 4.18. The number of ether oxygens (including phenoxy) is 1. The zero-order valence-electron chi connectivity index (χ0n) is 12.9. The van der Waals surface area contributed by atoms with Gasteiger partial charge in [0.25, 0.3) is 0 Å². The van der Waals surface area contributed by atoms with Crippen molar-refractivity contribution in [3.8, 4) is 0 Å². The van der Waals surface area contributed by atoms with Crippen LogP contribution in [0.4, 0.5) is 5.00 Å². The number of hydrogen-bond acceptors (Lipinski definition) is 5. The van der Waals surface area contributed by atoms with Crippen molar-refractivity contribution in [3.63, 3.8) is 0 Å². The minimum atomic E-state index is -0.255. The fourth-order valence-corrected chi connectivity index (χ4v) is 4.07. The molecule has 0 unspecified atom stereocenters. The fourth-order valence-electron chi connectivity index (χ4n) is 2.52. The molecule has 22 heavy (non-hydrogen) atoms. The van der Waals surface area contributed by atoms with Crippen LogP contribution >= 0.6 is 23.6 Å². The summed E-state index contributed by atoms with van der Waals surface area (Å²) >= 11 is 6.91. The van der Waals surface area contributed by atoms with Crippen molar-refractivity contribution in [3.05, 3.63) is 16.0 Å². The molecule has 1 aliphatic carbocycles. The van der Waals surface area contributed by atoms with Crippen LogP contribution in [0.15, 0.2) is 0 Å². The van der Waals surface area contributed by atoms with Crippen LogP contribution < -0.4 is 16.4 Å². The molecule has 122 valence electrons. The summed E-state index contributed by atoms with van der Waals surface area (Å²) in [6.45, 7) is 3.55. The minimum absolute atomic E-state index is 0.255. The van der Waals surface area contributed by atoms with Gasteiger partial charge in [-0.2, -0.15) is 0 Å². The summed E-state index contributed by atoms with van der Waals surface area (Å²) in [4.78, 5) is 13.6. The van der Waals surface area contributed by atoms with E-state index in [2.05, 4.69) is 10.6 Å². The zero-order chi connectivity index (χ0) is 15.9. The highest BCUT2D eigenvalue weighted by molar-refractivity contribution is 7.80. The van der Waals surface area contributed by atoms with Crippen LogP contribution in [-0.4, -0.2) is 30.8 Å². The van der Waals surface area contributed by atoms with E-state index in [0.29, 0.717) is 23.8 Å². The van der Waals surface area contributed by atoms with Crippen molar-refractivity contribution < 1.29 is 9.53 Å². The lowest BCUT2D eigenvalue weighted by Gasteiger charge is -2.13. The highest BCUT2D eigenvalue weighted by Gasteiger charge is 2.26. The van der Waals surface area contributed by atoms with Gasteiger partial charge in [0, 0.05) is 11.4 Å². The first-order chi connectivity index (χ1) is 10.7. The second kappa shape index (κ2) is 8.45. The number of thiophene rings is 1. The summed E-state index contributed by atoms with van der Waals surface area (Å²) in [5.74, 6) is -0.255. The van der Waals surface area contributed by atoms with Gasteiger partial charge in [-0.3, -0.25) is 0 Å². The first kappa shape index (κ1) is 17.2. The molecule has 0 spiro atoms. The molecule has 1 aromatic rings. The van der Waals surface area contributed by atoms with Crippen LogP contribution in [0.1, 0.15) is 47.0 Å². The Morgan fingerprint density at radius 3 is 2.91 bits per heavy atom. The van der Waals surface area contributed by atoms with Crippen LogP contribution in [-0.2, 0) is 17.6 Å². The van der Waals surface area contributed by atoms with Crippen molar-refractivity contribution in [2.24, 2.45) is 5.73 Å². The first-order valence-electron chi connectivity index (χ1n) is 7.74. The molecular weight excluding hydrogens is 318 g/mol. The lowest BCUT2D eigenvalue weighted by Crippen LogP contribution is -2.30. The quantitative estimate of drug-likeness (QED) is 0.419. The number of thiocarbonyl (C=S) groups is 1. The van der Waals surface area contributed by atoms with Crippen LogP contribution in [0, 0.1) is 0 Å². The molecule has 0 fully saturated rings. The SMILES string of the molecule is CCOC(=O)c1c(NC(=S)NCCCN)sc2c1CCCC2. The molecule has 0 aliphatic heterocycles. The van der Waals surface area contributed by atoms with Crippen molar-refractivity contribution in [1.82, 2.24) is 5.32 Å². The minimum Gasteiger partial charge on any atom is -0.462 e. The van der Waals surface area contributed by atoms with Gasteiger partial charge >= 0.3 is 5.97 Å². The maximum atomic E-state index is 12.3. The molecule has 0 radical (unpaired) electrons. The number of rotatable bonds is 6. The highest BCUT2D eigenvalue weighted by atomic mass is 32.1. The average Bonchev–Trinajstić information content (AvgIpc) is 2.85. The zero-order valence-corrected chi connectivity index (χ0v) is 14.5. The molecule has 0 saturated heterocycles. The predicted octanol–water partition coefficient (Wildman–Crippen LogP) is 2.44. The van der Waals surface area contributed by atoms with E-state index in [9.17, 15) is 4.79 Å². The molecule has 5 nitrogen and oxygen atoms in total. The molecule has 4 N–H and O–H groups in total. The van der Waals surface area contributed by atoms with Crippen molar-refractivity contribution in [1.29, 1.82) is 0 Å². The Balaban J connectivity index is 2.17. The van der Waals surface area contributed by atoms with Gasteiger partial charge in [-0.05, 0) is 63.4 Å². The molecule has 1 aromatic heterocycles. The molecule has 0 bridgehead atoms. The Labute approximate surface area is 140 Å². The molecule has 0 atom stereocenters. The Bertz CT molecular complexity index is 543. The number of aryl methyl sites for hydroxylation is 1. The molecule has 7 heteroatoms. The standard InChI is InChI=1S/C15H23N3O2S2/c1-2-20-14(19)12-10-6-3-4-7-11(10)22-13(12)18-15(21)17-9-5-8-16/h2-9,16H2,1H3,(H2,17,18,21). The second-order valence-electron chi connectivity index (χ2n) is 5.16. The van der Waals surface area contributed by atoms with Crippen molar-refractivity contribution in [2.45, 2.75) is 39.0 Å². The molecule has 0 aromatic carbocycles. The third-order valence-electron chi connectivity index (χ3n) is 3.54. The van der Waals surface area contributed by atoms with Gasteiger partial charge in [0.2, 0.25) is 0 Å². The van der Waals surface area contributed by atoms with Crippen LogP contribution in [0.5, 0.6) is 0 Å². The average molecular weight is 342 g/mol. The topological polar surface area (TPSA) is 76.4 Å². The van der Waals surface area contributed by atoms with Crippen LogP contribution in [0.3, 0.4) is 0 Å². The van der Waals surface area contributed by atoms with E-state index >= 15 is 0 Å². The Morgan fingerprint density at radius 1 is 1.41 bits per heavy atom. The number of carbonyl (C=O) groups is 1. The first-order valence-corrected chi connectivity index (χ1v) is 8.96. The highest BCUT2D eigenvalue weighted by Crippen LogP contribution is 2.38. The second-order valence-corrected chi connectivity index (χ2v) is 6.67. The lowest BCUT2D eigenvalue weighted by molar-refractivity contribution is 0.0526. The van der Waals surface area contributed by atoms with E-state index in [1.807, 2.05) is 6.92 Å². The van der Waals surface area contributed by atoms with Gasteiger partial charge in [0.05, 0.1) is 12.2 Å². The van der Waals surface area contributed by atoms with E-state index in [1.54, 1.807) is 11.3 Å². The van der Waals surface area contributed by atoms with E-state index in [0.717, 1.165) is 42.8 Å². The smallest absolute Gasteiger partial charge is 0.341 e. The number of nitrogens with two attached hydrogens (primary N) is 1. The van der Waals surface area contributed by atoms with Gasteiger partial charge in [0.15, 0.2) is 5.11 Å². The molecule has 1 aliphatic rings. The fraction of sp³-hybridized carbons (Fsp3) is 0.600. The number of nitrogens with one attached hydrogen (secondary N) is 2. The molecule has 1 heterocycles. The Hall–Kier alpha value is -1.18. The summed E-state index contributed by atoms with van der Waals surface area (Å²) in [5, 5.41) is 7.60. The summed E-state index contributed by atoms with van der Waals surface area (Å²) in [7, 11) is 0. The summed E-state index contributed by atoms with van der Waals surface area (Å²) in [6.07, 6.45) is 5.12. The van der Waals surface area contributed by atoms with Crippen molar-refractivity contribution in [2.75, 3.05) is 25.0 Å². The normalized spacial score (nSPS) is 13.4. The number of anilines is 1. The predicted molar refractivity (Wildman–Crippen MR) is 94.8 cm³/mol. The van der Waals surface area contributed by atoms with E-state index < -0.39 is 0 Å². The number of fused-ring (bicyclic) bond motifs is 1. The van der Waals surface area contributed by atoms with Gasteiger partial charge in [-0.15, -0.1) is 11.3 Å². The largest absolute Gasteiger partial charge is 0.462 e. The van der Waals surface area contributed by atoms with E-state index in [1.165, 1.54) is 11.3 Å². The van der Waals surface area contributed by atoms with E-state index in [-0.39, 0.29) is 5.97 Å². The van der Waals surface area contributed by atoms with E-state index in [4.69, 9.17) is 22.7 Å². The monoisotopic (exact) mass is 341 g/mol.